The molecule has 1 unspecified atom stereocenters. The molecule has 0 aliphatic carbocycles. The van der Waals surface area contributed by atoms with Crippen LogP contribution >= 0.6 is 11.8 Å². The normalized spacial score (nSPS) is 15.2. The Balaban J connectivity index is 2.27. The van der Waals surface area contributed by atoms with Crippen LogP contribution in [0.1, 0.15) is 18.7 Å². The maximum absolute atomic E-state index is 9.85. The number of aryl methyl sites for hydroxylation is 1. The highest BCUT2D eigenvalue weighted by Crippen LogP contribution is 2.09. The van der Waals surface area contributed by atoms with E-state index in [-0.39, 0.29) is 0 Å². The molecule has 1 aromatic heterocycles. The van der Waals surface area contributed by atoms with E-state index in [0.717, 1.165) is 0 Å². The fourth-order valence-corrected chi connectivity index (χ4v) is 1.93. The standard InChI is InChI=1S/C9H17N3O2S/c1-7-11-12-8(14-7)4-10-5-9(2,13)6-15-3/h10,13H,4-6H2,1-3H3. The molecule has 1 aromatic rings. The van der Waals surface area contributed by atoms with E-state index in [1.165, 1.54) is 0 Å². The highest BCUT2D eigenvalue weighted by molar-refractivity contribution is 7.98. The van der Waals surface area contributed by atoms with E-state index in [0.29, 0.717) is 30.6 Å². The Kier molecular flexibility index (Phi) is 4.56. The summed E-state index contributed by atoms with van der Waals surface area (Å²) in [4.78, 5) is 0. The van der Waals surface area contributed by atoms with Crippen LogP contribution in [-0.4, -0.2) is 39.5 Å². The molecule has 5 nitrogen and oxygen atoms in total. The number of nitrogens with one attached hydrogen (secondary N) is 1. The number of hydrogen-bond acceptors (Lipinski definition) is 6. The van der Waals surface area contributed by atoms with Gasteiger partial charge in [-0.05, 0) is 13.2 Å². The third kappa shape index (κ3) is 4.63. The lowest BCUT2D eigenvalue weighted by Gasteiger charge is -2.21. The second-order valence-corrected chi connectivity index (χ2v) is 4.61. The molecule has 0 bridgehead atoms. The first kappa shape index (κ1) is 12.5. The zero-order chi connectivity index (χ0) is 11.3. The summed E-state index contributed by atoms with van der Waals surface area (Å²) < 4.78 is 5.19. The summed E-state index contributed by atoms with van der Waals surface area (Å²) in [6.07, 6.45) is 1.97. The molecule has 1 heterocycles. The summed E-state index contributed by atoms with van der Waals surface area (Å²) in [5, 5.41) is 20.5. The van der Waals surface area contributed by atoms with E-state index in [1.54, 1.807) is 25.6 Å². The van der Waals surface area contributed by atoms with Crippen LogP contribution in [0.5, 0.6) is 0 Å². The Morgan fingerprint density at radius 2 is 2.27 bits per heavy atom. The highest BCUT2D eigenvalue weighted by Gasteiger charge is 2.19. The SMILES string of the molecule is CSCC(C)(O)CNCc1nnc(C)o1. The fourth-order valence-electron chi connectivity index (χ4n) is 1.21. The second-order valence-electron chi connectivity index (χ2n) is 3.75. The van der Waals surface area contributed by atoms with Gasteiger partial charge in [-0.3, -0.25) is 0 Å². The fraction of sp³-hybridized carbons (Fsp3) is 0.778. The summed E-state index contributed by atoms with van der Waals surface area (Å²) in [7, 11) is 0. The van der Waals surface area contributed by atoms with Gasteiger partial charge in [-0.2, -0.15) is 11.8 Å². The Morgan fingerprint density at radius 1 is 1.53 bits per heavy atom. The van der Waals surface area contributed by atoms with Gasteiger partial charge < -0.3 is 14.8 Å². The quantitative estimate of drug-likeness (QED) is 0.746. The van der Waals surface area contributed by atoms with Crippen LogP contribution < -0.4 is 5.32 Å². The lowest BCUT2D eigenvalue weighted by atomic mass is 10.1. The average Bonchev–Trinajstić information content (AvgIpc) is 2.51. The number of hydrogen-bond donors (Lipinski definition) is 2. The average molecular weight is 231 g/mol. The van der Waals surface area contributed by atoms with Gasteiger partial charge in [0.15, 0.2) is 0 Å². The van der Waals surface area contributed by atoms with Crippen molar-refractivity contribution >= 4 is 11.8 Å². The molecule has 1 rings (SSSR count). The predicted molar refractivity (Wildman–Crippen MR) is 59.7 cm³/mol. The van der Waals surface area contributed by atoms with Crippen LogP contribution in [0.3, 0.4) is 0 Å². The zero-order valence-corrected chi connectivity index (χ0v) is 10.1. The van der Waals surface area contributed by atoms with Gasteiger partial charge in [-0.1, -0.05) is 0 Å². The lowest BCUT2D eigenvalue weighted by Crippen LogP contribution is -2.39. The van der Waals surface area contributed by atoms with Crippen molar-refractivity contribution in [3.63, 3.8) is 0 Å². The monoisotopic (exact) mass is 231 g/mol. The molecule has 0 aliphatic heterocycles. The van der Waals surface area contributed by atoms with Crippen LogP contribution in [0.25, 0.3) is 0 Å². The maximum atomic E-state index is 9.85. The minimum atomic E-state index is -0.700. The van der Waals surface area contributed by atoms with E-state index in [1.807, 2.05) is 6.26 Å². The molecule has 0 aromatic carbocycles. The van der Waals surface area contributed by atoms with Crippen molar-refractivity contribution in [1.29, 1.82) is 0 Å². The maximum Gasteiger partial charge on any atom is 0.230 e. The predicted octanol–water partition coefficient (Wildman–Crippen LogP) is 0.582. The Hall–Kier alpha value is -0.590. The summed E-state index contributed by atoms with van der Waals surface area (Å²) >= 11 is 1.62. The molecule has 0 radical (unpaired) electrons. The molecule has 15 heavy (non-hydrogen) atoms. The smallest absolute Gasteiger partial charge is 0.230 e. The number of aromatic nitrogens is 2. The first-order chi connectivity index (χ1) is 7.03. The van der Waals surface area contributed by atoms with Crippen molar-refractivity contribution in [3.8, 4) is 0 Å². The van der Waals surface area contributed by atoms with E-state index in [9.17, 15) is 5.11 Å². The van der Waals surface area contributed by atoms with Gasteiger partial charge >= 0.3 is 0 Å². The van der Waals surface area contributed by atoms with Gasteiger partial charge in [-0.15, -0.1) is 10.2 Å². The molecule has 86 valence electrons. The van der Waals surface area contributed by atoms with Gasteiger partial charge in [0.25, 0.3) is 0 Å². The molecule has 0 spiro atoms. The van der Waals surface area contributed by atoms with Crippen molar-refractivity contribution in [3.05, 3.63) is 11.8 Å². The largest absolute Gasteiger partial charge is 0.424 e. The van der Waals surface area contributed by atoms with Gasteiger partial charge in [-0.25, -0.2) is 0 Å². The summed E-state index contributed by atoms with van der Waals surface area (Å²) in [6, 6.07) is 0. The first-order valence-electron chi connectivity index (χ1n) is 4.74. The molecule has 6 heteroatoms. The van der Waals surface area contributed by atoms with Crippen LogP contribution in [0.2, 0.25) is 0 Å². The van der Waals surface area contributed by atoms with Crippen molar-refractivity contribution in [2.24, 2.45) is 0 Å². The molecular weight excluding hydrogens is 214 g/mol. The molecule has 0 fully saturated rings. The molecule has 0 saturated heterocycles. The number of rotatable bonds is 6. The van der Waals surface area contributed by atoms with Crippen LogP contribution in [0.15, 0.2) is 4.42 Å². The molecule has 0 amide bonds. The number of nitrogens with zero attached hydrogens (tertiary/aromatic N) is 2. The van der Waals surface area contributed by atoms with Gasteiger partial charge in [0.2, 0.25) is 11.8 Å². The minimum Gasteiger partial charge on any atom is -0.424 e. The topological polar surface area (TPSA) is 71.2 Å². The van der Waals surface area contributed by atoms with Crippen molar-refractivity contribution < 1.29 is 9.52 Å². The second kappa shape index (κ2) is 5.48. The Bertz CT molecular complexity index is 301. The van der Waals surface area contributed by atoms with Gasteiger partial charge in [0.1, 0.15) is 0 Å². The van der Waals surface area contributed by atoms with Crippen LogP contribution in [-0.2, 0) is 6.54 Å². The van der Waals surface area contributed by atoms with Crippen molar-refractivity contribution in [2.45, 2.75) is 26.0 Å². The number of aliphatic hydroxyl groups is 1. The lowest BCUT2D eigenvalue weighted by molar-refractivity contribution is 0.0839. The molecule has 2 N–H and O–H groups in total. The van der Waals surface area contributed by atoms with E-state index < -0.39 is 5.60 Å². The molecule has 0 saturated carbocycles. The van der Waals surface area contributed by atoms with E-state index in [2.05, 4.69) is 15.5 Å². The Labute approximate surface area is 93.7 Å². The first-order valence-corrected chi connectivity index (χ1v) is 6.14. The van der Waals surface area contributed by atoms with E-state index >= 15 is 0 Å². The zero-order valence-electron chi connectivity index (χ0n) is 9.28. The Morgan fingerprint density at radius 3 is 2.80 bits per heavy atom. The molecular formula is C9H17N3O2S. The van der Waals surface area contributed by atoms with Crippen molar-refractivity contribution in [2.75, 3.05) is 18.6 Å². The molecule has 0 aliphatic rings. The minimum absolute atomic E-state index is 0.491. The van der Waals surface area contributed by atoms with Gasteiger partial charge in [0.05, 0.1) is 12.1 Å². The van der Waals surface area contributed by atoms with Crippen LogP contribution in [0.4, 0.5) is 0 Å². The van der Waals surface area contributed by atoms with Gasteiger partial charge in [0, 0.05) is 19.2 Å². The summed E-state index contributed by atoms with van der Waals surface area (Å²) in [6.45, 7) is 4.55. The van der Waals surface area contributed by atoms with E-state index in [4.69, 9.17) is 4.42 Å². The van der Waals surface area contributed by atoms with Crippen molar-refractivity contribution in [1.82, 2.24) is 15.5 Å². The number of thioether (sulfide) groups is 1. The summed E-state index contributed by atoms with van der Waals surface area (Å²) in [5.74, 6) is 1.80. The highest BCUT2D eigenvalue weighted by atomic mass is 32.2. The molecule has 1 atom stereocenters. The third-order valence-electron chi connectivity index (χ3n) is 1.81. The van der Waals surface area contributed by atoms with Crippen LogP contribution in [0, 0.1) is 6.92 Å². The summed E-state index contributed by atoms with van der Waals surface area (Å²) in [5.41, 5.74) is -0.700. The third-order valence-corrected chi connectivity index (χ3v) is 2.72.